The molecule has 4 aromatic rings. The number of pyridine rings is 1. The largest absolute Gasteiger partial charge is 0.496 e. The number of unbranched alkanes of at least 4 members (excludes halogenated alkanes) is 3. The van der Waals surface area contributed by atoms with Gasteiger partial charge in [0.05, 0.1) is 30.3 Å². The predicted octanol–water partition coefficient (Wildman–Crippen LogP) is 6.27. The zero-order chi connectivity index (χ0) is 35.0. The van der Waals surface area contributed by atoms with Gasteiger partial charge in [0.2, 0.25) is 0 Å². The third-order valence-electron chi connectivity index (χ3n) is 6.98. The van der Waals surface area contributed by atoms with Crippen molar-refractivity contribution in [3.8, 4) is 5.75 Å². The smallest absolute Gasteiger partial charge is 0.413 e. The summed E-state index contributed by atoms with van der Waals surface area (Å²) in [5.41, 5.74) is 8.98. The molecule has 0 fully saturated rings. The van der Waals surface area contributed by atoms with Crippen LogP contribution < -0.4 is 19.7 Å². The summed E-state index contributed by atoms with van der Waals surface area (Å²) < 4.78 is 23.0. The van der Waals surface area contributed by atoms with Crippen molar-refractivity contribution in [1.82, 2.24) is 14.5 Å². The zero-order valence-electron chi connectivity index (χ0n) is 28.3. The molecule has 258 valence electrons. The molecular weight excluding hydrogens is 715 g/mol. The lowest BCUT2D eigenvalue weighted by Crippen LogP contribution is -2.27. The van der Waals surface area contributed by atoms with E-state index in [4.69, 9.17) is 24.9 Å². The molecule has 0 atom stereocenters. The van der Waals surface area contributed by atoms with Crippen molar-refractivity contribution in [2.75, 3.05) is 25.6 Å². The first-order chi connectivity index (χ1) is 22.5. The number of imidazole rings is 1. The number of amides is 1. The number of aliphatic hydroxyl groups is 1. The summed E-state index contributed by atoms with van der Waals surface area (Å²) in [7, 11) is 1.64. The highest BCUT2D eigenvalue weighted by molar-refractivity contribution is 14.1. The van der Waals surface area contributed by atoms with Crippen molar-refractivity contribution in [3.63, 3.8) is 0 Å². The number of nitrogens with one attached hydrogen (secondary N) is 1. The molecule has 0 bridgehead atoms. The van der Waals surface area contributed by atoms with Crippen LogP contribution in [0, 0.1) is 13.8 Å². The van der Waals surface area contributed by atoms with Crippen LogP contribution in [0.4, 0.5) is 10.6 Å². The van der Waals surface area contributed by atoms with Gasteiger partial charge in [0.1, 0.15) is 36.6 Å². The maximum absolute atomic E-state index is 12.9. The number of carbonyl (C=O) groups excluding carboxylic acids is 2. The summed E-state index contributed by atoms with van der Waals surface area (Å²) in [5, 5.41) is 14.3. The summed E-state index contributed by atoms with van der Waals surface area (Å²) in [5.74, 6) is 1.74. The second kappa shape index (κ2) is 20.1. The Bertz CT molecular complexity index is 1560. The molecule has 2 heterocycles. The van der Waals surface area contributed by atoms with E-state index in [1.807, 2.05) is 61.7 Å². The highest BCUT2D eigenvalue weighted by atomic mass is 127. The second-order valence-electron chi connectivity index (χ2n) is 11.5. The number of anilines is 1. The Balaban J connectivity index is 0.000000672. The van der Waals surface area contributed by atoms with Gasteiger partial charge in [0.15, 0.2) is 5.82 Å². The first-order valence-corrected chi connectivity index (χ1v) is 16.8. The Hall–Kier alpha value is -3.37. The topological polar surface area (TPSA) is 177 Å². The number of aryl methyl sites for hydroxylation is 2. The molecule has 47 heavy (non-hydrogen) atoms. The van der Waals surface area contributed by atoms with E-state index in [1.54, 1.807) is 43.8 Å². The number of rotatable bonds is 14. The van der Waals surface area contributed by atoms with E-state index in [-0.39, 0.29) is 19.0 Å². The third-order valence-corrected chi connectivity index (χ3v) is 6.98. The molecule has 0 spiro atoms. The molecule has 0 aliphatic rings. The summed E-state index contributed by atoms with van der Waals surface area (Å²) in [4.78, 5) is 32.0. The molecule has 2 aromatic heterocycles. The first-order valence-electron chi connectivity index (χ1n) is 15.5. The minimum atomic E-state index is -1.000. The van der Waals surface area contributed by atoms with Crippen LogP contribution in [0.25, 0.3) is 21.9 Å². The number of aromatic nitrogens is 3. The Morgan fingerprint density at radius 3 is 2.36 bits per heavy atom. The van der Waals surface area contributed by atoms with Crippen LogP contribution in [0.1, 0.15) is 69.0 Å². The van der Waals surface area contributed by atoms with Crippen LogP contribution in [0.3, 0.4) is 0 Å². The molecule has 1 amide bonds. The number of carbonyl (C=O) groups is 2. The summed E-state index contributed by atoms with van der Waals surface area (Å²) in [6.07, 6.45) is 4.15. The normalized spacial score (nSPS) is 10.9. The highest BCUT2D eigenvalue weighted by Crippen LogP contribution is 2.32. The minimum Gasteiger partial charge on any atom is -0.496 e. The standard InChI is InChI=1S/C28H34N4O5.C6H13NO.H2IN/c1-7-36-15-22-30-23-24(32(22)16-28(4,5)34)20-10-8-9-11-21(20)29-26(23)31-27(33)37-14-19-12-17(2)25(35-6)18(3)13-19;7-5-3-1-2-4-6-8;1-2/h8-13,34H,7,14-16H2,1-6H3,(H,29,31,33);6H,1-5,7H2;2H2. The van der Waals surface area contributed by atoms with Gasteiger partial charge in [-0.05, 0) is 88.9 Å². The second-order valence-corrected chi connectivity index (χ2v) is 11.5. The van der Waals surface area contributed by atoms with Gasteiger partial charge >= 0.3 is 6.09 Å². The molecule has 12 nitrogen and oxygen atoms in total. The Morgan fingerprint density at radius 1 is 1.09 bits per heavy atom. The molecule has 6 N–H and O–H groups in total. The van der Waals surface area contributed by atoms with Crippen LogP contribution in [-0.4, -0.2) is 57.9 Å². The van der Waals surface area contributed by atoms with Crippen LogP contribution in [-0.2, 0) is 34.0 Å². The van der Waals surface area contributed by atoms with Gasteiger partial charge < -0.3 is 34.4 Å². The molecule has 0 unspecified atom stereocenters. The lowest BCUT2D eigenvalue weighted by Gasteiger charge is -2.20. The van der Waals surface area contributed by atoms with Crippen molar-refractivity contribution >= 4 is 63.0 Å². The van der Waals surface area contributed by atoms with E-state index >= 15 is 0 Å². The van der Waals surface area contributed by atoms with Gasteiger partial charge in [0, 0.05) is 41.3 Å². The average Bonchev–Trinajstić information content (AvgIpc) is 3.39. The average molecular weight is 765 g/mol. The van der Waals surface area contributed by atoms with E-state index < -0.39 is 11.7 Å². The van der Waals surface area contributed by atoms with Gasteiger partial charge in [-0.15, -0.1) is 0 Å². The van der Waals surface area contributed by atoms with Gasteiger partial charge in [-0.2, -0.15) is 0 Å². The van der Waals surface area contributed by atoms with E-state index in [0.717, 1.165) is 65.4 Å². The zero-order valence-corrected chi connectivity index (χ0v) is 30.4. The fourth-order valence-corrected chi connectivity index (χ4v) is 5.11. The number of halogens is 1. The number of fused-ring (bicyclic) bond motifs is 3. The number of para-hydroxylation sites is 1. The number of aldehydes is 1. The number of benzene rings is 2. The van der Waals surface area contributed by atoms with Gasteiger partial charge in [0.25, 0.3) is 0 Å². The lowest BCUT2D eigenvalue weighted by molar-refractivity contribution is -0.107. The fourth-order valence-electron chi connectivity index (χ4n) is 5.11. The van der Waals surface area contributed by atoms with E-state index in [2.05, 4.69) is 14.2 Å². The van der Waals surface area contributed by atoms with Gasteiger partial charge in [-0.1, -0.05) is 24.6 Å². The Morgan fingerprint density at radius 2 is 1.77 bits per heavy atom. The number of hydrogen-bond donors (Lipinski definition) is 4. The molecule has 0 saturated heterocycles. The quantitative estimate of drug-likeness (QED) is 0.0496. The van der Waals surface area contributed by atoms with E-state index in [9.17, 15) is 14.7 Å². The molecule has 13 heteroatoms. The Kier molecular flexibility index (Phi) is 17.0. The summed E-state index contributed by atoms with van der Waals surface area (Å²) in [6, 6.07) is 11.5. The summed E-state index contributed by atoms with van der Waals surface area (Å²) in [6.45, 7) is 11.2. The Labute approximate surface area is 291 Å². The molecule has 2 aromatic carbocycles. The monoisotopic (exact) mass is 764 g/mol. The predicted molar refractivity (Wildman–Crippen MR) is 195 cm³/mol. The molecule has 4 rings (SSSR count). The highest BCUT2D eigenvalue weighted by Gasteiger charge is 2.24. The van der Waals surface area contributed by atoms with E-state index in [1.165, 1.54) is 0 Å². The molecule has 0 aliphatic heterocycles. The number of nitrogens with zero attached hydrogens (tertiary/aromatic N) is 3. The third kappa shape index (κ3) is 12.0. The minimum absolute atomic E-state index is 0.0942. The molecule has 0 radical (unpaired) electrons. The van der Waals surface area contributed by atoms with Crippen LogP contribution in [0.5, 0.6) is 5.75 Å². The summed E-state index contributed by atoms with van der Waals surface area (Å²) >= 11 is 1.65. The van der Waals surface area contributed by atoms with Crippen molar-refractivity contribution in [1.29, 1.82) is 0 Å². The van der Waals surface area contributed by atoms with Crippen molar-refractivity contribution in [3.05, 3.63) is 58.9 Å². The maximum Gasteiger partial charge on any atom is 0.413 e. The van der Waals surface area contributed by atoms with Crippen molar-refractivity contribution in [2.45, 2.75) is 85.7 Å². The van der Waals surface area contributed by atoms with Crippen molar-refractivity contribution in [2.24, 2.45) is 9.68 Å². The van der Waals surface area contributed by atoms with Crippen LogP contribution in [0.15, 0.2) is 36.4 Å². The lowest BCUT2D eigenvalue weighted by atomic mass is 10.1. The number of nitrogens with two attached hydrogens (primary N) is 2. The maximum atomic E-state index is 12.9. The number of hydrogen-bond acceptors (Lipinski definition) is 10. The molecule has 0 saturated carbocycles. The number of methoxy groups -OCH3 is 1. The van der Waals surface area contributed by atoms with E-state index in [0.29, 0.717) is 36.4 Å². The first kappa shape index (κ1) is 39.8. The fraction of sp³-hybridized carbons (Fsp3) is 0.471. The van der Waals surface area contributed by atoms with Crippen LogP contribution in [0.2, 0.25) is 0 Å². The number of ether oxygens (including phenoxy) is 3. The SMILES string of the molecule is CCOCc1nc2c(NC(=O)OCc3cc(C)c(OC)c(C)c3)nc3ccccc3c2n1CC(C)(C)O.NCCCCCC=O.NI. The van der Waals surface area contributed by atoms with Crippen molar-refractivity contribution < 1.29 is 28.9 Å². The van der Waals surface area contributed by atoms with Crippen LogP contribution >= 0.6 is 22.9 Å². The van der Waals surface area contributed by atoms with Gasteiger partial charge in [-0.25, -0.2) is 14.8 Å². The molecule has 0 aliphatic carbocycles. The van der Waals surface area contributed by atoms with Gasteiger partial charge in [-0.3, -0.25) is 9.26 Å². The molecular formula is C34H49IN6O6.